The lowest BCUT2D eigenvalue weighted by Crippen LogP contribution is -2.46. The minimum absolute atomic E-state index is 0.0726. The van der Waals surface area contributed by atoms with Gasteiger partial charge < -0.3 is 19.7 Å². The first-order valence-electron chi connectivity index (χ1n) is 10.7. The van der Waals surface area contributed by atoms with Crippen molar-refractivity contribution in [2.24, 2.45) is 5.92 Å². The maximum atomic E-state index is 13.2. The van der Waals surface area contributed by atoms with Crippen LogP contribution >= 0.6 is 11.3 Å². The molecule has 1 aliphatic rings. The van der Waals surface area contributed by atoms with Crippen LogP contribution in [0.5, 0.6) is 5.75 Å². The number of hydrogen-bond acceptors (Lipinski definition) is 7. The Morgan fingerprint density at radius 2 is 2.12 bits per heavy atom. The number of anilines is 1. The molecule has 8 nitrogen and oxygen atoms in total. The third-order valence-corrected chi connectivity index (χ3v) is 6.48. The van der Waals surface area contributed by atoms with Crippen LogP contribution in [0.3, 0.4) is 0 Å². The van der Waals surface area contributed by atoms with E-state index in [2.05, 4.69) is 29.0 Å². The summed E-state index contributed by atoms with van der Waals surface area (Å²) < 4.78 is 11.9. The molecule has 2 aromatic rings. The lowest BCUT2D eigenvalue weighted by Gasteiger charge is -2.35. The number of carbonyl (C=O) groups is 2. The third kappa shape index (κ3) is 6.05. The van der Waals surface area contributed by atoms with Gasteiger partial charge in [-0.3, -0.25) is 14.5 Å². The molecule has 9 heteroatoms. The Morgan fingerprint density at radius 1 is 1.34 bits per heavy atom. The van der Waals surface area contributed by atoms with E-state index < -0.39 is 0 Å². The van der Waals surface area contributed by atoms with Crippen molar-refractivity contribution in [3.8, 4) is 5.75 Å². The van der Waals surface area contributed by atoms with Crippen molar-refractivity contribution in [2.75, 3.05) is 39.2 Å². The van der Waals surface area contributed by atoms with Crippen LogP contribution in [0.1, 0.15) is 36.1 Å². The molecule has 2 amide bonds. The molecule has 1 aliphatic heterocycles. The van der Waals surface area contributed by atoms with Gasteiger partial charge in [0.25, 0.3) is 5.91 Å². The molecule has 0 fully saturated rings. The second-order valence-electron chi connectivity index (χ2n) is 8.34. The molecule has 1 aromatic heterocycles. The van der Waals surface area contributed by atoms with E-state index in [1.807, 2.05) is 11.6 Å². The molecule has 2 heterocycles. The summed E-state index contributed by atoms with van der Waals surface area (Å²) in [5.74, 6) is 0.327. The number of likely N-dealkylation sites (N-methyl/N-ethyl adjacent to an activating group) is 1. The first-order chi connectivity index (χ1) is 15.3. The highest BCUT2D eigenvalue weighted by molar-refractivity contribution is 7.09. The van der Waals surface area contributed by atoms with Crippen LogP contribution in [0, 0.1) is 5.92 Å². The number of nitrogens with one attached hydrogen (secondary N) is 1. The summed E-state index contributed by atoms with van der Waals surface area (Å²) in [6.45, 7) is 8.06. The van der Waals surface area contributed by atoms with Crippen LogP contribution in [0.15, 0.2) is 29.8 Å². The van der Waals surface area contributed by atoms with Gasteiger partial charge in [-0.25, -0.2) is 4.98 Å². The summed E-state index contributed by atoms with van der Waals surface area (Å²) in [5, 5.41) is 5.79. The van der Waals surface area contributed by atoms with Crippen molar-refractivity contribution in [3.63, 3.8) is 0 Å². The summed E-state index contributed by atoms with van der Waals surface area (Å²) in [5.41, 5.74) is 1.05. The van der Waals surface area contributed by atoms with Gasteiger partial charge in [0.1, 0.15) is 17.4 Å². The zero-order chi connectivity index (χ0) is 23.3. The molecular weight excluding hydrogens is 428 g/mol. The van der Waals surface area contributed by atoms with Crippen LogP contribution in [0.4, 0.5) is 5.69 Å². The lowest BCUT2D eigenvalue weighted by atomic mass is 10.0. The van der Waals surface area contributed by atoms with Gasteiger partial charge in [-0.15, -0.1) is 11.3 Å². The lowest BCUT2D eigenvalue weighted by molar-refractivity contribution is -0.114. The third-order valence-electron chi connectivity index (χ3n) is 5.72. The predicted molar refractivity (Wildman–Crippen MR) is 125 cm³/mol. The molecule has 3 atom stereocenters. The first-order valence-corrected chi connectivity index (χ1v) is 11.6. The zero-order valence-electron chi connectivity index (χ0n) is 19.3. The Labute approximate surface area is 193 Å². The van der Waals surface area contributed by atoms with Crippen molar-refractivity contribution >= 4 is 28.8 Å². The normalized spacial score (nSPS) is 23.0. The van der Waals surface area contributed by atoms with Gasteiger partial charge >= 0.3 is 0 Å². The summed E-state index contributed by atoms with van der Waals surface area (Å²) in [4.78, 5) is 33.2. The van der Waals surface area contributed by atoms with Gasteiger partial charge in [-0.1, -0.05) is 6.92 Å². The second kappa shape index (κ2) is 10.9. The van der Waals surface area contributed by atoms with Crippen LogP contribution in [-0.2, 0) is 16.1 Å². The quantitative estimate of drug-likeness (QED) is 0.755. The van der Waals surface area contributed by atoms with Crippen LogP contribution in [0.25, 0.3) is 0 Å². The predicted octanol–water partition coefficient (Wildman–Crippen LogP) is 3.11. The van der Waals surface area contributed by atoms with E-state index in [4.69, 9.17) is 9.47 Å². The highest BCUT2D eigenvalue weighted by atomic mass is 32.1. The SMILES string of the molecule is CO[C@H]1CN(C)C(=O)c2ccc(NC(C)=O)cc2OC[C@H](C)N(Cc2nccs2)C[C@H]1C. The molecule has 0 bridgehead atoms. The molecular formula is C23H32N4O4S. The Bertz CT molecular complexity index is 921. The molecule has 0 radical (unpaired) electrons. The number of carbonyl (C=O) groups excluding carboxylic acids is 2. The maximum Gasteiger partial charge on any atom is 0.257 e. The molecule has 0 spiro atoms. The number of rotatable bonds is 4. The average Bonchev–Trinajstić information content (AvgIpc) is 3.26. The fourth-order valence-electron chi connectivity index (χ4n) is 3.85. The summed E-state index contributed by atoms with van der Waals surface area (Å²) in [6, 6.07) is 5.20. The van der Waals surface area contributed by atoms with Crippen LogP contribution in [-0.4, -0.2) is 72.6 Å². The number of amides is 2. The van der Waals surface area contributed by atoms with Gasteiger partial charge in [-0.2, -0.15) is 0 Å². The Balaban J connectivity index is 1.94. The van der Waals surface area contributed by atoms with Crippen LogP contribution < -0.4 is 10.1 Å². The van der Waals surface area contributed by atoms with Gasteiger partial charge in [0.05, 0.1) is 18.2 Å². The largest absolute Gasteiger partial charge is 0.491 e. The van der Waals surface area contributed by atoms with E-state index >= 15 is 0 Å². The standard InChI is InChI=1S/C23H32N4O4S/c1-15-11-27(13-22-24-8-9-32-22)16(2)14-31-20-10-18(25-17(3)28)6-7-19(20)23(29)26(4)12-21(15)30-5/h6-10,15-16,21H,11-14H2,1-5H3,(H,25,28)/t15-,16+,21+/m1/s1. The van der Waals surface area contributed by atoms with E-state index in [9.17, 15) is 9.59 Å². The monoisotopic (exact) mass is 460 g/mol. The zero-order valence-corrected chi connectivity index (χ0v) is 20.1. The van der Waals surface area contributed by atoms with Crippen molar-refractivity contribution in [1.29, 1.82) is 0 Å². The van der Waals surface area contributed by atoms with Crippen molar-refractivity contribution in [3.05, 3.63) is 40.3 Å². The molecule has 0 aliphatic carbocycles. The smallest absolute Gasteiger partial charge is 0.257 e. The Hall–Kier alpha value is -2.49. The topological polar surface area (TPSA) is 84.0 Å². The van der Waals surface area contributed by atoms with E-state index in [0.717, 1.165) is 18.1 Å². The molecule has 0 unspecified atom stereocenters. The minimum Gasteiger partial charge on any atom is -0.491 e. The number of ether oxygens (including phenoxy) is 2. The van der Waals surface area contributed by atoms with E-state index in [1.165, 1.54) is 6.92 Å². The van der Waals surface area contributed by atoms with Crippen molar-refractivity contribution < 1.29 is 19.1 Å². The minimum atomic E-state index is -0.179. The Morgan fingerprint density at radius 3 is 2.78 bits per heavy atom. The summed E-state index contributed by atoms with van der Waals surface area (Å²) in [7, 11) is 3.46. The summed E-state index contributed by atoms with van der Waals surface area (Å²) >= 11 is 1.63. The number of fused-ring (bicyclic) bond motifs is 1. The van der Waals surface area contributed by atoms with E-state index in [-0.39, 0.29) is 29.9 Å². The second-order valence-corrected chi connectivity index (χ2v) is 9.32. The van der Waals surface area contributed by atoms with Crippen molar-refractivity contribution in [2.45, 2.75) is 39.5 Å². The van der Waals surface area contributed by atoms with Crippen LogP contribution in [0.2, 0.25) is 0 Å². The van der Waals surface area contributed by atoms with Crippen molar-refractivity contribution in [1.82, 2.24) is 14.8 Å². The molecule has 174 valence electrons. The van der Waals surface area contributed by atoms with Gasteiger partial charge in [-0.05, 0) is 25.0 Å². The maximum absolute atomic E-state index is 13.2. The number of nitrogens with zero attached hydrogens (tertiary/aromatic N) is 3. The molecule has 1 aromatic carbocycles. The average molecular weight is 461 g/mol. The van der Waals surface area contributed by atoms with E-state index in [1.54, 1.807) is 48.6 Å². The van der Waals surface area contributed by atoms with Gasteiger partial charge in [0.15, 0.2) is 0 Å². The number of methoxy groups -OCH3 is 1. The fourth-order valence-corrected chi connectivity index (χ4v) is 4.49. The number of hydrogen-bond donors (Lipinski definition) is 1. The molecule has 3 rings (SSSR count). The molecule has 32 heavy (non-hydrogen) atoms. The fraction of sp³-hybridized carbons (Fsp3) is 0.522. The molecule has 0 saturated carbocycles. The molecule has 0 saturated heterocycles. The van der Waals surface area contributed by atoms with E-state index in [0.29, 0.717) is 30.2 Å². The first kappa shape index (κ1) is 24.2. The Kier molecular flexibility index (Phi) is 8.22. The number of benzene rings is 1. The van der Waals surface area contributed by atoms with Gasteiger partial charge in [0.2, 0.25) is 5.91 Å². The molecule has 1 N–H and O–H groups in total. The number of aromatic nitrogens is 1. The summed E-state index contributed by atoms with van der Waals surface area (Å²) in [6.07, 6.45) is 1.71. The number of thiazole rings is 1. The highest BCUT2D eigenvalue weighted by Gasteiger charge is 2.28. The van der Waals surface area contributed by atoms with Gasteiger partial charge in [0, 0.05) is 63.5 Å². The highest BCUT2D eigenvalue weighted by Crippen LogP contribution is 2.27.